The predicted octanol–water partition coefficient (Wildman–Crippen LogP) is 3.02. The van der Waals surface area contributed by atoms with Crippen molar-refractivity contribution >= 4 is 33.2 Å². The highest BCUT2D eigenvalue weighted by molar-refractivity contribution is 7.89. The van der Waals surface area contributed by atoms with E-state index < -0.39 is 10.0 Å². The molecule has 1 aliphatic rings. The molecule has 2 rings (SSSR count). The lowest BCUT2D eigenvalue weighted by atomic mass is 10.1. The molecule has 1 unspecified atom stereocenters. The van der Waals surface area contributed by atoms with E-state index in [9.17, 15) is 8.42 Å². The third-order valence-corrected chi connectivity index (χ3v) is 6.44. The molecule has 1 atom stereocenters. The molecule has 0 aromatic heterocycles. The molecule has 1 aromatic carbocycles. The van der Waals surface area contributed by atoms with Gasteiger partial charge in [0.05, 0.1) is 5.02 Å². The van der Waals surface area contributed by atoms with Crippen LogP contribution in [0.25, 0.3) is 0 Å². The van der Waals surface area contributed by atoms with Gasteiger partial charge in [0, 0.05) is 24.2 Å². The summed E-state index contributed by atoms with van der Waals surface area (Å²) in [5, 5.41) is 0.507. The van der Waals surface area contributed by atoms with Crippen LogP contribution >= 0.6 is 23.2 Å². The van der Waals surface area contributed by atoms with Crippen molar-refractivity contribution in [3.8, 4) is 0 Å². The summed E-state index contributed by atoms with van der Waals surface area (Å²) in [5.41, 5.74) is 6.13. The second kappa shape index (κ2) is 6.20. The number of rotatable bonds is 3. The summed E-state index contributed by atoms with van der Waals surface area (Å²) in [6, 6.07) is 2.98. The van der Waals surface area contributed by atoms with Crippen LogP contribution in [0, 0.1) is 0 Å². The quantitative estimate of drug-likeness (QED) is 0.922. The Hall–Kier alpha value is -0.330. The van der Waals surface area contributed by atoms with Gasteiger partial charge in [-0.25, -0.2) is 8.42 Å². The van der Waals surface area contributed by atoms with Crippen molar-refractivity contribution in [3.63, 3.8) is 0 Å². The normalized spacial score (nSPS) is 21.1. The summed E-state index contributed by atoms with van der Waals surface area (Å²) in [5.74, 6) is 0. The van der Waals surface area contributed by atoms with Crippen LogP contribution in [0.4, 0.5) is 0 Å². The number of hydrogen-bond donors (Lipinski definition) is 1. The van der Waals surface area contributed by atoms with E-state index in [1.807, 2.05) is 6.92 Å². The van der Waals surface area contributed by atoms with E-state index >= 15 is 0 Å². The van der Waals surface area contributed by atoms with Gasteiger partial charge in [-0.2, -0.15) is 4.31 Å². The van der Waals surface area contributed by atoms with Crippen molar-refractivity contribution in [1.82, 2.24) is 4.31 Å². The summed E-state index contributed by atoms with van der Waals surface area (Å²) < 4.78 is 27.1. The van der Waals surface area contributed by atoms with E-state index in [1.54, 1.807) is 6.07 Å². The van der Waals surface area contributed by atoms with Gasteiger partial charge in [-0.05, 0) is 37.5 Å². The molecule has 0 saturated carbocycles. The smallest absolute Gasteiger partial charge is 0.244 e. The van der Waals surface area contributed by atoms with Crippen LogP contribution in [0.15, 0.2) is 17.0 Å². The van der Waals surface area contributed by atoms with Gasteiger partial charge >= 0.3 is 0 Å². The molecule has 1 saturated heterocycles. The topological polar surface area (TPSA) is 63.4 Å². The largest absolute Gasteiger partial charge is 0.326 e. The van der Waals surface area contributed by atoms with Crippen molar-refractivity contribution < 1.29 is 8.42 Å². The fourth-order valence-electron chi connectivity index (χ4n) is 2.51. The fraction of sp³-hybridized carbons (Fsp3) is 0.538. The maximum absolute atomic E-state index is 12.8. The van der Waals surface area contributed by atoms with Crippen LogP contribution in [0.2, 0.25) is 10.0 Å². The molecule has 0 radical (unpaired) electrons. The number of sulfonamides is 1. The van der Waals surface area contributed by atoms with E-state index in [2.05, 4.69) is 0 Å². The zero-order valence-corrected chi connectivity index (χ0v) is 13.6. The van der Waals surface area contributed by atoms with E-state index in [4.69, 9.17) is 28.9 Å². The van der Waals surface area contributed by atoms with E-state index in [-0.39, 0.29) is 22.5 Å². The Bertz CT molecular complexity index is 605. The average Bonchev–Trinajstić information content (AvgIpc) is 2.41. The summed E-state index contributed by atoms with van der Waals surface area (Å²) >= 11 is 12.2. The number of piperidine rings is 1. The monoisotopic (exact) mass is 336 g/mol. The summed E-state index contributed by atoms with van der Waals surface area (Å²) in [6.07, 6.45) is 2.77. The first-order valence-electron chi connectivity index (χ1n) is 6.57. The summed E-state index contributed by atoms with van der Waals surface area (Å²) in [6.45, 7) is 2.58. The molecule has 1 heterocycles. The highest BCUT2D eigenvalue weighted by Gasteiger charge is 2.33. The molecule has 0 aliphatic carbocycles. The molecule has 1 aromatic rings. The zero-order valence-electron chi connectivity index (χ0n) is 11.3. The van der Waals surface area contributed by atoms with E-state index in [0.29, 0.717) is 17.1 Å². The van der Waals surface area contributed by atoms with Crippen LogP contribution in [-0.2, 0) is 16.6 Å². The van der Waals surface area contributed by atoms with Gasteiger partial charge in [0.15, 0.2) is 0 Å². The van der Waals surface area contributed by atoms with Crippen molar-refractivity contribution in [2.75, 3.05) is 6.54 Å². The maximum atomic E-state index is 12.8. The van der Waals surface area contributed by atoms with E-state index in [1.165, 1.54) is 10.4 Å². The van der Waals surface area contributed by atoms with Crippen LogP contribution < -0.4 is 5.73 Å². The second-order valence-corrected chi connectivity index (χ2v) is 7.72. The number of benzene rings is 1. The van der Waals surface area contributed by atoms with Gasteiger partial charge in [0.1, 0.15) is 4.90 Å². The molecule has 0 spiro atoms. The van der Waals surface area contributed by atoms with Crippen LogP contribution in [0.3, 0.4) is 0 Å². The molecule has 1 aliphatic heterocycles. The Balaban J connectivity index is 2.51. The first-order chi connectivity index (χ1) is 9.37. The minimum atomic E-state index is -3.64. The van der Waals surface area contributed by atoms with Crippen molar-refractivity contribution in [2.24, 2.45) is 5.73 Å². The molecule has 2 N–H and O–H groups in total. The minimum Gasteiger partial charge on any atom is -0.326 e. The first-order valence-corrected chi connectivity index (χ1v) is 8.77. The van der Waals surface area contributed by atoms with Gasteiger partial charge < -0.3 is 5.73 Å². The van der Waals surface area contributed by atoms with E-state index in [0.717, 1.165) is 19.3 Å². The standard InChI is InChI=1S/C13H18Cl2N2O2S/c1-9-4-2-3-5-17(9)20(18,19)12-7-11(14)6-10(8-16)13(12)15/h6-7,9H,2-5,8,16H2,1H3. The maximum Gasteiger partial charge on any atom is 0.244 e. The van der Waals surface area contributed by atoms with Crippen molar-refractivity contribution in [1.29, 1.82) is 0 Å². The number of nitrogens with zero attached hydrogens (tertiary/aromatic N) is 1. The molecule has 112 valence electrons. The number of hydrogen-bond acceptors (Lipinski definition) is 3. The van der Waals surface area contributed by atoms with Crippen LogP contribution in [-0.4, -0.2) is 25.3 Å². The van der Waals surface area contributed by atoms with Crippen molar-refractivity contribution in [2.45, 2.75) is 43.7 Å². The Labute approximate surface area is 129 Å². The van der Waals surface area contributed by atoms with Gasteiger partial charge in [0.2, 0.25) is 10.0 Å². The first kappa shape index (κ1) is 16.0. The molecule has 1 fully saturated rings. The highest BCUT2D eigenvalue weighted by Crippen LogP contribution is 2.33. The average molecular weight is 337 g/mol. The Morgan fingerprint density at radius 3 is 2.65 bits per heavy atom. The molecule has 0 amide bonds. The lowest BCUT2D eigenvalue weighted by Crippen LogP contribution is -2.42. The van der Waals surface area contributed by atoms with Gasteiger partial charge in [0.25, 0.3) is 0 Å². The fourth-order valence-corrected chi connectivity index (χ4v) is 5.13. The third-order valence-electron chi connectivity index (χ3n) is 3.63. The molecule has 4 nitrogen and oxygen atoms in total. The molecular formula is C13H18Cl2N2O2S. The summed E-state index contributed by atoms with van der Waals surface area (Å²) in [4.78, 5) is 0.0564. The van der Waals surface area contributed by atoms with Crippen LogP contribution in [0.5, 0.6) is 0 Å². The molecule has 20 heavy (non-hydrogen) atoms. The molecular weight excluding hydrogens is 319 g/mol. The minimum absolute atomic E-state index is 0.0230. The van der Waals surface area contributed by atoms with Gasteiger partial charge in [-0.15, -0.1) is 0 Å². The Morgan fingerprint density at radius 1 is 1.35 bits per heavy atom. The summed E-state index contributed by atoms with van der Waals surface area (Å²) in [7, 11) is -3.64. The highest BCUT2D eigenvalue weighted by atomic mass is 35.5. The molecule has 7 heteroatoms. The van der Waals surface area contributed by atoms with Gasteiger partial charge in [-0.3, -0.25) is 0 Å². The molecule has 0 bridgehead atoms. The number of halogens is 2. The predicted molar refractivity (Wildman–Crippen MR) is 81.6 cm³/mol. The second-order valence-electron chi connectivity index (χ2n) is 5.04. The van der Waals surface area contributed by atoms with Crippen LogP contribution in [0.1, 0.15) is 31.7 Å². The third kappa shape index (κ3) is 2.97. The Morgan fingerprint density at radius 2 is 2.05 bits per heavy atom. The Kier molecular flexibility index (Phi) is 4.97. The lowest BCUT2D eigenvalue weighted by molar-refractivity contribution is 0.268. The van der Waals surface area contributed by atoms with Crippen molar-refractivity contribution in [3.05, 3.63) is 27.7 Å². The number of nitrogens with two attached hydrogens (primary N) is 1. The lowest BCUT2D eigenvalue weighted by Gasteiger charge is -2.32. The SMILES string of the molecule is CC1CCCCN1S(=O)(=O)c1cc(Cl)cc(CN)c1Cl. The van der Waals surface area contributed by atoms with Gasteiger partial charge in [-0.1, -0.05) is 29.6 Å². The zero-order chi connectivity index (χ0) is 14.9.